The topological polar surface area (TPSA) is 74.1 Å². The van der Waals surface area contributed by atoms with Gasteiger partial charge in [0.05, 0.1) is 0 Å². The Morgan fingerprint density at radius 3 is 2.89 bits per heavy atom. The summed E-state index contributed by atoms with van der Waals surface area (Å²) in [6.07, 6.45) is 4.45. The molecule has 1 aliphatic heterocycles. The van der Waals surface area contributed by atoms with Crippen molar-refractivity contribution in [1.82, 2.24) is 9.29 Å². The number of aromatic nitrogens is 1. The summed E-state index contributed by atoms with van der Waals surface area (Å²) in [5, 5.41) is 8.96. The van der Waals surface area contributed by atoms with Gasteiger partial charge >= 0.3 is 0 Å². The van der Waals surface area contributed by atoms with E-state index in [9.17, 15) is 8.42 Å². The number of piperidine rings is 1. The van der Waals surface area contributed by atoms with Gasteiger partial charge in [-0.1, -0.05) is 0 Å². The van der Waals surface area contributed by atoms with Crippen molar-refractivity contribution in [2.75, 3.05) is 6.54 Å². The van der Waals surface area contributed by atoms with E-state index in [-0.39, 0.29) is 16.6 Å². The number of pyridine rings is 1. The highest BCUT2D eigenvalue weighted by molar-refractivity contribution is 7.89. The van der Waals surface area contributed by atoms with E-state index in [0.29, 0.717) is 12.5 Å². The molecule has 1 saturated heterocycles. The molecule has 3 rings (SSSR count). The fourth-order valence-electron chi connectivity index (χ4n) is 2.98. The first-order valence-electron chi connectivity index (χ1n) is 6.00. The van der Waals surface area contributed by atoms with Crippen molar-refractivity contribution in [2.45, 2.75) is 30.2 Å². The molecule has 0 N–H and O–H groups in total. The van der Waals surface area contributed by atoms with Crippen molar-refractivity contribution in [3.8, 4) is 6.07 Å². The average Bonchev–Trinajstić information content (AvgIpc) is 3.01. The quantitative estimate of drug-likeness (QED) is 0.801. The number of sulfonamides is 1. The molecule has 0 spiro atoms. The second-order valence-electron chi connectivity index (χ2n) is 4.87. The molecule has 1 aliphatic carbocycles. The van der Waals surface area contributed by atoms with Crippen LogP contribution in [0.15, 0.2) is 23.2 Å². The highest BCUT2D eigenvalue weighted by atomic mass is 32.2. The number of nitriles is 1. The summed E-state index contributed by atoms with van der Waals surface area (Å²) in [4.78, 5) is 3.87. The molecule has 2 atom stereocenters. The Morgan fingerprint density at radius 1 is 1.44 bits per heavy atom. The molecule has 2 unspecified atom stereocenters. The molecule has 94 valence electrons. The van der Waals surface area contributed by atoms with Crippen LogP contribution >= 0.6 is 0 Å². The lowest BCUT2D eigenvalue weighted by atomic mass is 10.1. The summed E-state index contributed by atoms with van der Waals surface area (Å²) in [6.45, 7) is 0.590. The Balaban J connectivity index is 2.03. The smallest absolute Gasteiger partial charge is 0.244 e. The van der Waals surface area contributed by atoms with Gasteiger partial charge in [-0.05, 0) is 37.3 Å². The van der Waals surface area contributed by atoms with E-state index in [0.717, 1.165) is 19.3 Å². The minimum Gasteiger partial charge on any atom is -0.244 e. The van der Waals surface area contributed by atoms with Gasteiger partial charge < -0.3 is 0 Å². The summed E-state index contributed by atoms with van der Waals surface area (Å²) in [5.41, 5.74) is -0.0136. The van der Waals surface area contributed by atoms with E-state index in [4.69, 9.17) is 5.26 Å². The Labute approximate surface area is 106 Å². The normalized spacial score (nSPS) is 27.3. The van der Waals surface area contributed by atoms with E-state index in [1.54, 1.807) is 10.4 Å². The fraction of sp³-hybridized carbons (Fsp3) is 0.500. The van der Waals surface area contributed by atoms with Crippen LogP contribution in [-0.4, -0.2) is 30.3 Å². The molecule has 0 amide bonds. The molecule has 1 aromatic rings. The Kier molecular flexibility index (Phi) is 2.61. The van der Waals surface area contributed by atoms with Gasteiger partial charge in [-0.2, -0.15) is 9.57 Å². The molecule has 1 aromatic heterocycles. The number of nitrogens with zero attached hydrogens (tertiary/aromatic N) is 3. The lowest BCUT2D eigenvalue weighted by molar-refractivity contribution is 0.333. The maximum Gasteiger partial charge on any atom is 0.246 e. The van der Waals surface area contributed by atoms with Gasteiger partial charge in [-0.3, -0.25) is 0 Å². The van der Waals surface area contributed by atoms with E-state index < -0.39 is 10.0 Å². The van der Waals surface area contributed by atoms with Gasteiger partial charge in [0.25, 0.3) is 0 Å². The van der Waals surface area contributed by atoms with Crippen LogP contribution in [0.4, 0.5) is 0 Å². The molecular formula is C12H13N3O2S. The number of rotatable bonds is 2. The first kappa shape index (κ1) is 11.6. The summed E-state index contributed by atoms with van der Waals surface area (Å²) in [7, 11) is -3.56. The zero-order chi connectivity index (χ0) is 12.8. The van der Waals surface area contributed by atoms with E-state index in [1.807, 2.05) is 6.07 Å². The maximum atomic E-state index is 12.5. The van der Waals surface area contributed by atoms with Crippen LogP contribution in [0.2, 0.25) is 0 Å². The first-order chi connectivity index (χ1) is 8.63. The predicted octanol–water partition coefficient (Wildman–Crippen LogP) is 1.13. The molecule has 18 heavy (non-hydrogen) atoms. The van der Waals surface area contributed by atoms with Crippen LogP contribution in [0, 0.1) is 17.2 Å². The average molecular weight is 263 g/mol. The summed E-state index contributed by atoms with van der Waals surface area (Å²) < 4.78 is 26.6. The van der Waals surface area contributed by atoms with Crippen LogP contribution in [0.25, 0.3) is 0 Å². The number of fused-ring (bicyclic) bond motifs is 2. The van der Waals surface area contributed by atoms with Crippen LogP contribution in [0.1, 0.15) is 25.0 Å². The van der Waals surface area contributed by atoms with Gasteiger partial charge in [0.1, 0.15) is 11.0 Å². The summed E-state index contributed by atoms with van der Waals surface area (Å²) in [6, 6.07) is 4.99. The van der Waals surface area contributed by atoms with Crippen LogP contribution in [0.5, 0.6) is 0 Å². The Hall–Kier alpha value is -1.45. The largest absolute Gasteiger partial charge is 0.246 e. The van der Waals surface area contributed by atoms with Crippen molar-refractivity contribution in [2.24, 2.45) is 5.92 Å². The monoisotopic (exact) mass is 263 g/mol. The van der Waals surface area contributed by atoms with Gasteiger partial charge in [-0.15, -0.1) is 0 Å². The Morgan fingerprint density at radius 2 is 2.28 bits per heavy atom. The summed E-state index contributed by atoms with van der Waals surface area (Å²) in [5.74, 6) is 0.493. The van der Waals surface area contributed by atoms with Crippen LogP contribution < -0.4 is 0 Å². The standard InChI is InChI=1S/C12H13N3O2S/c13-7-11-12(2-1-5-14-11)18(16,17)15-8-9-3-4-10(15)6-9/h1-2,5,9-10H,3-4,6,8H2. The van der Waals surface area contributed by atoms with Crippen molar-refractivity contribution in [3.05, 3.63) is 24.0 Å². The maximum absolute atomic E-state index is 12.5. The zero-order valence-corrected chi connectivity index (χ0v) is 10.6. The third-order valence-electron chi connectivity index (χ3n) is 3.82. The van der Waals surface area contributed by atoms with Crippen LogP contribution in [0.3, 0.4) is 0 Å². The molecule has 0 aromatic carbocycles. The number of hydrogen-bond acceptors (Lipinski definition) is 4. The molecule has 2 fully saturated rings. The van der Waals surface area contributed by atoms with Gasteiger partial charge in [0.15, 0.2) is 5.69 Å². The second-order valence-corrected chi connectivity index (χ2v) is 6.73. The molecular weight excluding hydrogens is 250 g/mol. The summed E-state index contributed by atoms with van der Waals surface area (Å²) >= 11 is 0. The molecule has 2 heterocycles. The predicted molar refractivity (Wildman–Crippen MR) is 64.0 cm³/mol. The first-order valence-corrected chi connectivity index (χ1v) is 7.44. The lowest BCUT2D eigenvalue weighted by Gasteiger charge is -2.26. The highest BCUT2D eigenvalue weighted by Crippen LogP contribution is 2.40. The Bertz CT molecular complexity index is 620. The van der Waals surface area contributed by atoms with E-state index >= 15 is 0 Å². The highest BCUT2D eigenvalue weighted by Gasteiger charge is 2.44. The zero-order valence-electron chi connectivity index (χ0n) is 9.78. The van der Waals surface area contributed by atoms with E-state index in [1.165, 1.54) is 12.3 Å². The third kappa shape index (κ3) is 1.62. The van der Waals surface area contributed by atoms with Crippen molar-refractivity contribution < 1.29 is 8.42 Å². The van der Waals surface area contributed by atoms with Crippen molar-refractivity contribution >= 4 is 10.0 Å². The SMILES string of the molecule is N#Cc1ncccc1S(=O)(=O)N1CC2CCC1C2. The molecule has 2 aliphatic rings. The lowest BCUT2D eigenvalue weighted by Crippen LogP contribution is -2.38. The van der Waals surface area contributed by atoms with Crippen molar-refractivity contribution in [3.63, 3.8) is 0 Å². The molecule has 1 saturated carbocycles. The molecule has 6 heteroatoms. The van der Waals surface area contributed by atoms with Gasteiger partial charge in [0, 0.05) is 18.8 Å². The van der Waals surface area contributed by atoms with E-state index in [2.05, 4.69) is 4.98 Å². The minimum absolute atomic E-state index is 0.0136. The van der Waals surface area contributed by atoms with Gasteiger partial charge in [0.2, 0.25) is 10.0 Å². The fourth-order valence-corrected chi connectivity index (χ4v) is 4.82. The van der Waals surface area contributed by atoms with Crippen molar-refractivity contribution in [1.29, 1.82) is 5.26 Å². The third-order valence-corrected chi connectivity index (χ3v) is 5.77. The molecule has 5 nitrogen and oxygen atoms in total. The number of hydrogen-bond donors (Lipinski definition) is 0. The second kappa shape index (κ2) is 4.04. The molecule has 2 bridgehead atoms. The van der Waals surface area contributed by atoms with Gasteiger partial charge in [-0.25, -0.2) is 13.4 Å². The molecule has 0 radical (unpaired) electrons. The minimum atomic E-state index is -3.56. The van der Waals surface area contributed by atoms with Crippen LogP contribution in [-0.2, 0) is 10.0 Å².